The van der Waals surface area contributed by atoms with Gasteiger partial charge in [0.2, 0.25) is 0 Å². The summed E-state index contributed by atoms with van der Waals surface area (Å²) in [4.78, 5) is 2.09. The zero-order valence-corrected chi connectivity index (χ0v) is 10.1. The average Bonchev–Trinajstić information content (AvgIpc) is 2.29. The van der Waals surface area contributed by atoms with Gasteiger partial charge in [-0.15, -0.1) is 0 Å². The molecular formula is C12H20N2O2. The molecule has 4 nitrogen and oxygen atoms in total. The van der Waals surface area contributed by atoms with Crippen LogP contribution in [-0.2, 0) is 0 Å². The van der Waals surface area contributed by atoms with E-state index in [-0.39, 0.29) is 11.8 Å². The number of rotatable bonds is 5. The number of phenols is 1. The molecule has 3 N–H and O–H groups in total. The number of methoxy groups -OCH3 is 1. The highest BCUT2D eigenvalue weighted by Crippen LogP contribution is 2.30. The van der Waals surface area contributed by atoms with Gasteiger partial charge in [-0.1, -0.05) is 0 Å². The van der Waals surface area contributed by atoms with Gasteiger partial charge in [-0.25, -0.2) is 0 Å². The van der Waals surface area contributed by atoms with Gasteiger partial charge in [0, 0.05) is 24.7 Å². The first-order valence-corrected chi connectivity index (χ1v) is 5.37. The molecule has 1 aromatic carbocycles. The monoisotopic (exact) mass is 224 g/mol. The largest absolute Gasteiger partial charge is 0.508 e. The molecular weight excluding hydrogens is 204 g/mol. The second-order valence-electron chi connectivity index (χ2n) is 3.87. The number of ether oxygens (including phenoxy) is 1. The Bertz CT molecular complexity index is 342. The van der Waals surface area contributed by atoms with Gasteiger partial charge in [0.1, 0.15) is 11.5 Å². The van der Waals surface area contributed by atoms with Crippen LogP contribution in [0.3, 0.4) is 0 Å². The lowest BCUT2D eigenvalue weighted by molar-refractivity contribution is 0.262. The highest BCUT2D eigenvalue weighted by Gasteiger charge is 2.15. The summed E-state index contributed by atoms with van der Waals surface area (Å²) in [5.41, 5.74) is 6.37. The molecule has 4 heteroatoms. The van der Waals surface area contributed by atoms with Crippen LogP contribution in [0, 0.1) is 0 Å². The smallest absolute Gasteiger partial charge is 0.120 e. The van der Waals surface area contributed by atoms with E-state index in [0.29, 0.717) is 6.54 Å². The maximum absolute atomic E-state index is 9.80. The minimum atomic E-state index is 0.110. The summed E-state index contributed by atoms with van der Waals surface area (Å²) in [7, 11) is 3.60. The van der Waals surface area contributed by atoms with Crippen molar-refractivity contribution in [1.29, 1.82) is 0 Å². The summed E-state index contributed by atoms with van der Waals surface area (Å²) in [6, 6.07) is 5.36. The second kappa shape index (κ2) is 5.72. The lowest BCUT2D eigenvalue weighted by Crippen LogP contribution is -2.28. The van der Waals surface area contributed by atoms with Gasteiger partial charge in [-0.05, 0) is 32.2 Å². The maximum atomic E-state index is 9.80. The summed E-state index contributed by atoms with van der Waals surface area (Å²) in [6.45, 7) is 3.42. The van der Waals surface area contributed by atoms with Crippen molar-refractivity contribution in [3.63, 3.8) is 0 Å². The topological polar surface area (TPSA) is 58.7 Å². The third-order valence-corrected chi connectivity index (χ3v) is 2.83. The summed E-state index contributed by atoms with van der Waals surface area (Å²) < 4.78 is 5.15. The van der Waals surface area contributed by atoms with Crippen molar-refractivity contribution in [2.24, 2.45) is 5.73 Å². The van der Waals surface area contributed by atoms with E-state index in [4.69, 9.17) is 10.5 Å². The van der Waals surface area contributed by atoms with Gasteiger partial charge in [0.25, 0.3) is 0 Å². The van der Waals surface area contributed by atoms with E-state index < -0.39 is 0 Å². The molecule has 0 bridgehead atoms. The summed E-state index contributed by atoms with van der Waals surface area (Å²) >= 11 is 0. The van der Waals surface area contributed by atoms with E-state index >= 15 is 0 Å². The number of nitrogens with two attached hydrogens (primary N) is 1. The minimum absolute atomic E-state index is 0.110. The molecule has 0 aliphatic carbocycles. The van der Waals surface area contributed by atoms with Crippen molar-refractivity contribution in [3.05, 3.63) is 23.8 Å². The highest BCUT2D eigenvalue weighted by atomic mass is 16.5. The molecule has 0 saturated heterocycles. The van der Waals surface area contributed by atoms with E-state index in [0.717, 1.165) is 17.9 Å². The normalized spacial score (nSPS) is 12.8. The lowest BCUT2D eigenvalue weighted by atomic mass is 10.1. The van der Waals surface area contributed by atoms with Gasteiger partial charge in [0.05, 0.1) is 7.11 Å². The molecule has 0 fully saturated rings. The first kappa shape index (κ1) is 12.8. The molecule has 90 valence electrons. The summed E-state index contributed by atoms with van der Waals surface area (Å²) in [5, 5.41) is 9.80. The Morgan fingerprint density at radius 2 is 2.19 bits per heavy atom. The van der Waals surface area contributed by atoms with Crippen molar-refractivity contribution < 1.29 is 9.84 Å². The van der Waals surface area contributed by atoms with Crippen molar-refractivity contribution in [2.75, 3.05) is 27.2 Å². The Morgan fingerprint density at radius 3 is 2.75 bits per heavy atom. The van der Waals surface area contributed by atoms with Gasteiger partial charge in [-0.2, -0.15) is 0 Å². The van der Waals surface area contributed by atoms with E-state index in [1.807, 2.05) is 20.0 Å². The van der Waals surface area contributed by atoms with Crippen LogP contribution in [0.4, 0.5) is 0 Å². The van der Waals surface area contributed by atoms with E-state index in [2.05, 4.69) is 4.90 Å². The molecule has 1 unspecified atom stereocenters. The molecule has 1 atom stereocenters. The first-order valence-electron chi connectivity index (χ1n) is 5.37. The fraction of sp³-hybridized carbons (Fsp3) is 0.500. The summed E-state index contributed by atoms with van der Waals surface area (Å²) in [5.74, 6) is 1.04. The van der Waals surface area contributed by atoms with Gasteiger partial charge in [0.15, 0.2) is 0 Å². The molecule has 0 aromatic heterocycles. The number of hydrogen-bond acceptors (Lipinski definition) is 4. The van der Waals surface area contributed by atoms with E-state index in [1.54, 1.807) is 19.2 Å². The Morgan fingerprint density at radius 1 is 1.50 bits per heavy atom. The van der Waals surface area contributed by atoms with Gasteiger partial charge in [-0.3, -0.25) is 4.90 Å². The Hall–Kier alpha value is -1.26. The van der Waals surface area contributed by atoms with Gasteiger partial charge < -0.3 is 15.6 Å². The zero-order valence-electron chi connectivity index (χ0n) is 10.1. The molecule has 0 saturated carbocycles. The van der Waals surface area contributed by atoms with Crippen LogP contribution in [0.5, 0.6) is 11.5 Å². The molecule has 0 aliphatic heterocycles. The standard InChI is InChI=1S/C12H20N2O2/c1-9(14(2)7-6-13)11-8-10(16-3)4-5-12(11)15/h4-5,8-9,15H,6-7,13H2,1-3H3. The molecule has 0 amide bonds. The van der Waals surface area contributed by atoms with Crippen LogP contribution in [0.2, 0.25) is 0 Å². The fourth-order valence-electron chi connectivity index (χ4n) is 1.63. The molecule has 0 heterocycles. The number of nitrogens with zero attached hydrogens (tertiary/aromatic N) is 1. The third kappa shape index (κ3) is 2.87. The van der Waals surface area contributed by atoms with Crippen LogP contribution < -0.4 is 10.5 Å². The SMILES string of the molecule is COc1ccc(O)c(C(C)N(C)CCN)c1. The highest BCUT2D eigenvalue weighted by molar-refractivity contribution is 5.41. The maximum Gasteiger partial charge on any atom is 0.120 e. The van der Waals surface area contributed by atoms with Crippen LogP contribution >= 0.6 is 0 Å². The second-order valence-corrected chi connectivity index (χ2v) is 3.87. The number of aromatic hydroxyl groups is 1. The number of phenolic OH excluding ortho intramolecular Hbond substituents is 1. The Kier molecular flexibility index (Phi) is 4.58. The average molecular weight is 224 g/mol. The quantitative estimate of drug-likeness (QED) is 0.792. The fourth-order valence-corrected chi connectivity index (χ4v) is 1.63. The van der Waals surface area contributed by atoms with E-state index in [1.165, 1.54) is 0 Å². The molecule has 0 spiro atoms. The van der Waals surface area contributed by atoms with Crippen molar-refractivity contribution in [3.8, 4) is 11.5 Å². The zero-order chi connectivity index (χ0) is 12.1. The molecule has 1 aromatic rings. The van der Waals surface area contributed by atoms with Crippen molar-refractivity contribution >= 4 is 0 Å². The predicted octanol–water partition coefficient (Wildman–Crippen LogP) is 1.35. The van der Waals surface area contributed by atoms with Crippen LogP contribution in [0.15, 0.2) is 18.2 Å². The predicted molar refractivity (Wildman–Crippen MR) is 64.8 cm³/mol. The van der Waals surface area contributed by atoms with E-state index in [9.17, 15) is 5.11 Å². The van der Waals surface area contributed by atoms with Crippen molar-refractivity contribution in [2.45, 2.75) is 13.0 Å². The number of likely N-dealkylation sites (N-methyl/N-ethyl adjacent to an activating group) is 1. The molecule has 1 rings (SSSR count). The van der Waals surface area contributed by atoms with Crippen LogP contribution in [-0.4, -0.2) is 37.3 Å². The molecule has 0 radical (unpaired) electrons. The number of benzene rings is 1. The Balaban J connectivity index is 2.92. The summed E-state index contributed by atoms with van der Waals surface area (Å²) in [6.07, 6.45) is 0. The minimum Gasteiger partial charge on any atom is -0.508 e. The first-order chi connectivity index (χ1) is 7.60. The van der Waals surface area contributed by atoms with Crippen molar-refractivity contribution in [1.82, 2.24) is 4.90 Å². The number of hydrogen-bond donors (Lipinski definition) is 2. The van der Waals surface area contributed by atoms with Crippen LogP contribution in [0.1, 0.15) is 18.5 Å². The Labute approximate surface area is 96.6 Å². The van der Waals surface area contributed by atoms with Crippen LogP contribution in [0.25, 0.3) is 0 Å². The lowest BCUT2D eigenvalue weighted by Gasteiger charge is -2.25. The third-order valence-electron chi connectivity index (χ3n) is 2.83. The molecule has 16 heavy (non-hydrogen) atoms. The van der Waals surface area contributed by atoms with Gasteiger partial charge >= 0.3 is 0 Å². The molecule has 0 aliphatic rings.